The molecule has 1 aromatic carbocycles. The van der Waals surface area contributed by atoms with E-state index in [1.165, 1.54) is 15.8 Å². The molecule has 1 fully saturated rings. The van der Waals surface area contributed by atoms with Crippen LogP contribution in [0.4, 0.5) is 23.0 Å². The van der Waals surface area contributed by atoms with Gasteiger partial charge in [0.2, 0.25) is 11.8 Å². The molecule has 52 heavy (non-hydrogen) atoms. The van der Waals surface area contributed by atoms with E-state index in [4.69, 9.17) is 4.98 Å². The Morgan fingerprint density at radius 1 is 1.10 bits per heavy atom. The molecule has 0 spiro atoms. The fraction of sp³-hybridized carbons (Fsp3) is 0.368. The zero-order valence-corrected chi connectivity index (χ0v) is 30.1. The number of aliphatic hydroxyl groups is 1. The molecule has 4 aromatic rings. The van der Waals surface area contributed by atoms with Gasteiger partial charge >= 0.3 is 0 Å². The number of benzene rings is 1. The van der Waals surface area contributed by atoms with Crippen LogP contribution in [0.15, 0.2) is 60.2 Å². The zero-order valence-electron chi connectivity index (χ0n) is 30.1. The summed E-state index contributed by atoms with van der Waals surface area (Å²) in [5.74, 6) is -0.291. The predicted octanol–water partition coefficient (Wildman–Crippen LogP) is 3.23. The van der Waals surface area contributed by atoms with E-state index in [1.807, 2.05) is 24.1 Å². The monoisotopic (exact) mass is 705 g/mol. The average Bonchev–Trinajstić information content (AvgIpc) is 3.60. The second-order valence-corrected chi connectivity index (χ2v) is 14.7. The van der Waals surface area contributed by atoms with Gasteiger partial charge in [0.1, 0.15) is 11.5 Å². The molecule has 7 rings (SSSR count). The molecular formula is C38H43N9O5. The second-order valence-electron chi connectivity index (χ2n) is 14.7. The molecule has 14 heteroatoms. The van der Waals surface area contributed by atoms with Crippen LogP contribution in [0, 0.1) is 5.41 Å². The van der Waals surface area contributed by atoms with Gasteiger partial charge in [0.05, 0.1) is 24.9 Å². The minimum atomic E-state index is -0.425. The van der Waals surface area contributed by atoms with Crippen molar-refractivity contribution >= 4 is 40.7 Å². The molecule has 0 bridgehead atoms. The molecule has 14 nitrogen and oxygen atoms in total. The van der Waals surface area contributed by atoms with Gasteiger partial charge in [-0.15, -0.1) is 0 Å². The van der Waals surface area contributed by atoms with Gasteiger partial charge in [0.25, 0.3) is 11.5 Å². The first-order valence-corrected chi connectivity index (χ1v) is 17.3. The molecule has 1 unspecified atom stereocenters. The number of piperazine rings is 1. The second kappa shape index (κ2) is 13.2. The Balaban J connectivity index is 1.22. The normalized spacial score (nSPS) is 18.3. The molecule has 270 valence electrons. The summed E-state index contributed by atoms with van der Waals surface area (Å²) in [6.07, 6.45) is 6.16. The molecule has 1 saturated heterocycles. The highest BCUT2D eigenvalue weighted by Gasteiger charge is 2.38. The lowest BCUT2D eigenvalue weighted by Gasteiger charge is -2.38. The van der Waals surface area contributed by atoms with Crippen molar-refractivity contribution < 1.29 is 19.5 Å². The van der Waals surface area contributed by atoms with E-state index in [2.05, 4.69) is 40.6 Å². The summed E-state index contributed by atoms with van der Waals surface area (Å²) in [6.45, 7) is 9.51. The lowest BCUT2D eigenvalue weighted by molar-refractivity contribution is -0.137. The van der Waals surface area contributed by atoms with Gasteiger partial charge in [-0.25, -0.2) is 9.97 Å². The van der Waals surface area contributed by atoms with Gasteiger partial charge in [-0.1, -0.05) is 26.5 Å². The number of hydrogen-bond donors (Lipinski definition) is 3. The van der Waals surface area contributed by atoms with Crippen molar-refractivity contribution in [1.29, 1.82) is 0 Å². The Hall–Kier alpha value is -5.60. The van der Waals surface area contributed by atoms with E-state index >= 15 is 0 Å². The lowest BCUT2D eigenvalue weighted by Crippen LogP contribution is -2.48. The fourth-order valence-electron chi connectivity index (χ4n) is 7.70. The van der Waals surface area contributed by atoms with E-state index in [9.17, 15) is 24.3 Å². The molecule has 0 radical (unpaired) electrons. The first kappa shape index (κ1) is 34.8. The Bertz CT molecular complexity index is 2200. The highest BCUT2D eigenvalue weighted by Crippen LogP contribution is 2.40. The number of anilines is 4. The minimum Gasteiger partial charge on any atom is -0.392 e. The van der Waals surface area contributed by atoms with Crippen molar-refractivity contribution in [2.24, 2.45) is 12.5 Å². The number of nitrogens with one attached hydrogen (secondary N) is 2. The maximum atomic E-state index is 13.9. The van der Waals surface area contributed by atoms with Crippen molar-refractivity contribution in [2.75, 3.05) is 49.3 Å². The lowest BCUT2D eigenvalue weighted by atomic mass is 9.90. The van der Waals surface area contributed by atoms with E-state index in [0.717, 1.165) is 24.5 Å². The van der Waals surface area contributed by atoms with Crippen molar-refractivity contribution in [1.82, 2.24) is 28.9 Å². The van der Waals surface area contributed by atoms with Crippen molar-refractivity contribution in [3.05, 3.63) is 93.8 Å². The Kier molecular flexibility index (Phi) is 8.83. The summed E-state index contributed by atoms with van der Waals surface area (Å²) >= 11 is 0. The van der Waals surface area contributed by atoms with Gasteiger partial charge in [-0.05, 0) is 66.8 Å². The quantitative estimate of drug-likeness (QED) is 0.234. The number of fused-ring (bicyclic) bond motifs is 3. The summed E-state index contributed by atoms with van der Waals surface area (Å²) < 4.78 is 3.52. The zero-order chi connectivity index (χ0) is 37.1. The topological polar surface area (TPSA) is 158 Å². The van der Waals surface area contributed by atoms with Gasteiger partial charge in [-0.2, -0.15) is 0 Å². The van der Waals surface area contributed by atoms with Crippen LogP contribution in [0.25, 0.3) is 11.3 Å². The van der Waals surface area contributed by atoms with E-state index in [1.54, 1.807) is 54.5 Å². The first-order chi connectivity index (χ1) is 24.8. The maximum absolute atomic E-state index is 13.9. The number of aromatic nitrogens is 4. The van der Waals surface area contributed by atoms with Crippen LogP contribution < -0.4 is 21.1 Å². The molecule has 1 aliphatic carbocycles. The van der Waals surface area contributed by atoms with Gasteiger partial charge in [0.15, 0.2) is 5.82 Å². The first-order valence-electron chi connectivity index (χ1n) is 17.3. The van der Waals surface area contributed by atoms with Crippen molar-refractivity contribution in [2.45, 2.75) is 45.9 Å². The number of rotatable bonds is 8. The maximum Gasteiger partial charge on any atom is 0.293 e. The highest BCUT2D eigenvalue weighted by molar-refractivity contribution is 6.06. The smallest absolute Gasteiger partial charge is 0.293 e. The van der Waals surface area contributed by atoms with Crippen LogP contribution in [0.2, 0.25) is 0 Å². The third-order valence-corrected chi connectivity index (χ3v) is 10.3. The number of hydrogen-bond acceptors (Lipinski definition) is 9. The van der Waals surface area contributed by atoms with E-state index in [0.29, 0.717) is 65.9 Å². The predicted molar refractivity (Wildman–Crippen MR) is 197 cm³/mol. The SMILES string of the molecule is C=CC(=O)Nc1cc(Nc2nc(-c3ccnc(N4CCn5c(cc6c5CC(C)(C)C6)C4=O)c3CO)cn(C)c2=O)ccc1C1CN(C)CC(=O)N1C. The fourth-order valence-corrected chi connectivity index (χ4v) is 7.70. The van der Waals surface area contributed by atoms with Gasteiger partial charge in [-0.3, -0.25) is 29.0 Å². The summed E-state index contributed by atoms with van der Waals surface area (Å²) in [5, 5.41) is 16.7. The van der Waals surface area contributed by atoms with Crippen LogP contribution in [-0.2, 0) is 42.6 Å². The summed E-state index contributed by atoms with van der Waals surface area (Å²) in [6, 6.07) is 8.64. The van der Waals surface area contributed by atoms with Gasteiger partial charge in [0, 0.05) is 74.3 Å². The third kappa shape index (κ3) is 6.17. The van der Waals surface area contributed by atoms with Gasteiger partial charge < -0.3 is 29.8 Å². The number of nitrogens with zero attached hydrogens (tertiary/aromatic N) is 7. The highest BCUT2D eigenvalue weighted by atomic mass is 16.3. The summed E-state index contributed by atoms with van der Waals surface area (Å²) in [5.41, 5.74) is 5.78. The molecular weight excluding hydrogens is 662 g/mol. The molecule has 3 aliphatic rings. The number of carbonyl (C=O) groups excluding carboxylic acids is 3. The van der Waals surface area contributed by atoms with Crippen LogP contribution >= 0.6 is 0 Å². The minimum absolute atomic E-state index is 0.00464. The van der Waals surface area contributed by atoms with Crippen molar-refractivity contribution in [3.8, 4) is 11.3 Å². The third-order valence-electron chi connectivity index (χ3n) is 10.3. The molecule has 2 aliphatic heterocycles. The Morgan fingerprint density at radius 2 is 1.88 bits per heavy atom. The Labute approximate surface area is 301 Å². The average molecular weight is 706 g/mol. The van der Waals surface area contributed by atoms with Crippen LogP contribution in [-0.4, -0.2) is 85.5 Å². The summed E-state index contributed by atoms with van der Waals surface area (Å²) in [7, 11) is 5.21. The Morgan fingerprint density at radius 3 is 2.63 bits per heavy atom. The van der Waals surface area contributed by atoms with Crippen LogP contribution in [0.3, 0.4) is 0 Å². The molecule has 5 heterocycles. The number of likely N-dealkylation sites (N-methyl/N-ethyl adjacent to an activating group) is 2. The number of aliphatic hydroxyl groups excluding tert-OH is 1. The number of amides is 3. The molecule has 3 aromatic heterocycles. The molecule has 0 saturated carbocycles. The molecule has 3 amide bonds. The van der Waals surface area contributed by atoms with E-state index < -0.39 is 18.1 Å². The van der Waals surface area contributed by atoms with Crippen LogP contribution in [0.1, 0.15) is 52.8 Å². The van der Waals surface area contributed by atoms with Crippen molar-refractivity contribution in [3.63, 3.8) is 0 Å². The number of carbonyl (C=O) groups is 3. The number of aryl methyl sites for hydroxylation is 1. The largest absolute Gasteiger partial charge is 0.392 e. The number of pyridine rings is 1. The van der Waals surface area contributed by atoms with E-state index in [-0.39, 0.29) is 29.1 Å². The standard InChI is InChI=1S/C38H43N9O5/c1-7-32(49)41-27-15-23(8-9-25(27)31-19-43(4)20-33(50)45(31)6)40-34-37(52)44(5)18-28(42-34)24-10-11-39-35(26(24)21-48)47-13-12-46-29(36(47)51)14-22-16-38(2,3)17-30(22)46/h7-11,14-15,18,31,48H,1,12-13,16-17,19-21H2,2-6H3,(H,40,42)(H,41,49). The van der Waals surface area contributed by atoms with Crippen LogP contribution in [0.5, 0.6) is 0 Å². The summed E-state index contributed by atoms with van der Waals surface area (Å²) in [4.78, 5) is 66.9. The molecule has 1 atom stereocenters. The molecule has 3 N–H and O–H groups in total.